The second-order valence-corrected chi connectivity index (χ2v) is 5.60. The van der Waals surface area contributed by atoms with Gasteiger partial charge < -0.3 is 10.2 Å². The van der Waals surface area contributed by atoms with Crippen molar-refractivity contribution in [2.45, 2.75) is 44.7 Å². The van der Waals surface area contributed by atoms with Gasteiger partial charge in [-0.25, -0.2) is 0 Å². The van der Waals surface area contributed by atoms with Crippen LogP contribution >= 0.6 is 0 Å². The number of hydrogen-bond donors (Lipinski definition) is 1. The summed E-state index contributed by atoms with van der Waals surface area (Å²) in [6.45, 7) is 1.80. The fourth-order valence-electron chi connectivity index (χ4n) is 3.11. The quantitative estimate of drug-likeness (QED) is 0.679. The van der Waals surface area contributed by atoms with E-state index in [2.05, 4.69) is 10.2 Å². The highest BCUT2D eigenvalue weighted by Gasteiger charge is 2.27. The van der Waals surface area contributed by atoms with Crippen LogP contribution in [0.5, 0.6) is 0 Å². The first kappa shape index (κ1) is 14.8. The summed E-state index contributed by atoms with van der Waals surface area (Å²) in [5, 5.41) is 14.6. The van der Waals surface area contributed by atoms with Crippen molar-refractivity contribution in [3.05, 3.63) is 33.9 Å². The fourth-order valence-corrected chi connectivity index (χ4v) is 3.11. The Bertz CT molecular complexity index is 482. The van der Waals surface area contributed by atoms with Crippen molar-refractivity contribution in [1.82, 2.24) is 5.32 Å². The normalized spacial score (nSPS) is 22.6. The fraction of sp³-hybridized carbons (Fsp3) is 0.600. The summed E-state index contributed by atoms with van der Waals surface area (Å²) in [5.41, 5.74) is 1.71. The van der Waals surface area contributed by atoms with Crippen molar-refractivity contribution in [3.63, 3.8) is 0 Å². The molecule has 0 spiro atoms. The largest absolute Gasteiger partial charge is 0.366 e. The molecule has 1 N–H and O–H groups in total. The lowest BCUT2D eigenvalue weighted by Gasteiger charge is -2.35. The monoisotopic (exact) mass is 277 g/mol. The summed E-state index contributed by atoms with van der Waals surface area (Å²) in [6, 6.07) is 6.53. The van der Waals surface area contributed by atoms with Gasteiger partial charge in [-0.15, -0.1) is 0 Å². The molecule has 0 atom stereocenters. The van der Waals surface area contributed by atoms with E-state index in [1.807, 2.05) is 26.2 Å². The molecule has 5 nitrogen and oxygen atoms in total. The number of nitro groups is 1. The Morgan fingerprint density at radius 2 is 1.95 bits per heavy atom. The number of aryl methyl sites for hydroxylation is 1. The number of benzene rings is 1. The topological polar surface area (TPSA) is 58.4 Å². The van der Waals surface area contributed by atoms with Crippen LogP contribution in [0.1, 0.15) is 31.2 Å². The first-order valence-corrected chi connectivity index (χ1v) is 7.18. The van der Waals surface area contributed by atoms with Gasteiger partial charge in [-0.2, -0.15) is 0 Å². The van der Waals surface area contributed by atoms with E-state index in [9.17, 15) is 10.1 Å². The average Bonchev–Trinajstić information content (AvgIpc) is 2.46. The molecule has 0 amide bonds. The van der Waals surface area contributed by atoms with Crippen LogP contribution in [0.4, 0.5) is 11.4 Å². The molecular weight excluding hydrogens is 254 g/mol. The Labute approximate surface area is 120 Å². The van der Waals surface area contributed by atoms with Crippen LogP contribution in [0, 0.1) is 17.0 Å². The van der Waals surface area contributed by atoms with Crippen molar-refractivity contribution >= 4 is 11.4 Å². The number of hydrogen-bond acceptors (Lipinski definition) is 4. The molecule has 1 aliphatic carbocycles. The third kappa shape index (κ3) is 2.93. The lowest BCUT2D eigenvalue weighted by molar-refractivity contribution is -0.384. The van der Waals surface area contributed by atoms with Crippen molar-refractivity contribution < 1.29 is 4.92 Å². The first-order chi connectivity index (χ1) is 9.54. The van der Waals surface area contributed by atoms with Crippen LogP contribution in [0.25, 0.3) is 0 Å². The van der Waals surface area contributed by atoms with Gasteiger partial charge in [0, 0.05) is 24.7 Å². The molecule has 0 heterocycles. The summed E-state index contributed by atoms with van der Waals surface area (Å²) in [6.07, 6.45) is 4.41. The molecule has 0 aliphatic heterocycles. The summed E-state index contributed by atoms with van der Waals surface area (Å²) < 4.78 is 0. The maximum atomic E-state index is 11.3. The molecule has 0 bridgehead atoms. The maximum Gasteiger partial charge on any atom is 0.295 e. The molecule has 2 rings (SSSR count). The van der Waals surface area contributed by atoms with Gasteiger partial charge in [-0.05, 0) is 45.7 Å². The zero-order valence-electron chi connectivity index (χ0n) is 12.4. The van der Waals surface area contributed by atoms with Crippen LogP contribution in [-0.2, 0) is 0 Å². The molecule has 0 saturated heterocycles. The highest BCUT2D eigenvalue weighted by molar-refractivity contribution is 5.66. The molecule has 0 radical (unpaired) electrons. The van der Waals surface area contributed by atoms with Crippen molar-refractivity contribution in [2.24, 2.45) is 0 Å². The predicted molar refractivity (Wildman–Crippen MR) is 81.3 cm³/mol. The third-order valence-corrected chi connectivity index (χ3v) is 4.43. The Hall–Kier alpha value is -1.62. The highest BCUT2D eigenvalue weighted by atomic mass is 16.6. The Morgan fingerprint density at radius 3 is 2.50 bits per heavy atom. The van der Waals surface area contributed by atoms with E-state index in [-0.39, 0.29) is 10.6 Å². The van der Waals surface area contributed by atoms with Gasteiger partial charge in [0.05, 0.1) is 4.92 Å². The van der Waals surface area contributed by atoms with E-state index in [0.29, 0.717) is 12.1 Å². The van der Waals surface area contributed by atoms with Crippen LogP contribution < -0.4 is 10.2 Å². The molecule has 0 unspecified atom stereocenters. The average molecular weight is 277 g/mol. The molecule has 5 heteroatoms. The van der Waals surface area contributed by atoms with E-state index in [1.165, 1.54) is 0 Å². The summed E-state index contributed by atoms with van der Waals surface area (Å²) in [5.74, 6) is 0. The molecule has 1 fully saturated rings. The predicted octanol–water partition coefficient (Wildman–Crippen LogP) is 2.87. The first-order valence-electron chi connectivity index (χ1n) is 7.18. The van der Waals surface area contributed by atoms with Gasteiger partial charge >= 0.3 is 0 Å². The van der Waals surface area contributed by atoms with Crippen LogP contribution in [0.3, 0.4) is 0 Å². The number of rotatable bonds is 4. The zero-order valence-corrected chi connectivity index (χ0v) is 12.4. The van der Waals surface area contributed by atoms with Crippen LogP contribution in [0.2, 0.25) is 0 Å². The van der Waals surface area contributed by atoms with Gasteiger partial charge in [0.25, 0.3) is 5.69 Å². The minimum absolute atomic E-state index is 0.241. The standard InChI is InChI=1S/C15H23N3O2/c1-11-5-4-6-14(15(11)18(19)20)17(3)13-9-7-12(16-2)8-10-13/h4-6,12-13,16H,7-10H2,1-3H3. The van der Waals surface area contributed by atoms with Gasteiger partial charge in [0.2, 0.25) is 0 Å². The maximum absolute atomic E-state index is 11.3. The molecule has 1 aromatic carbocycles. The molecule has 0 aromatic heterocycles. The minimum Gasteiger partial charge on any atom is -0.366 e. The van der Waals surface area contributed by atoms with Crippen LogP contribution in [0.15, 0.2) is 18.2 Å². The Morgan fingerprint density at radius 1 is 1.30 bits per heavy atom. The van der Waals surface area contributed by atoms with Crippen LogP contribution in [-0.4, -0.2) is 31.1 Å². The minimum atomic E-state index is -0.263. The number of nitrogens with zero attached hydrogens (tertiary/aromatic N) is 2. The number of nitrogens with one attached hydrogen (secondary N) is 1. The molecular formula is C15H23N3O2. The van der Waals surface area contributed by atoms with E-state index in [1.54, 1.807) is 13.0 Å². The van der Waals surface area contributed by atoms with Crippen molar-refractivity contribution in [2.75, 3.05) is 19.0 Å². The van der Waals surface area contributed by atoms with E-state index < -0.39 is 0 Å². The lowest BCUT2D eigenvalue weighted by Crippen LogP contribution is -2.40. The smallest absolute Gasteiger partial charge is 0.295 e. The van der Waals surface area contributed by atoms with Gasteiger partial charge in [0.15, 0.2) is 0 Å². The molecule has 1 saturated carbocycles. The van der Waals surface area contributed by atoms with Crippen molar-refractivity contribution in [1.29, 1.82) is 0 Å². The molecule has 110 valence electrons. The summed E-state index contributed by atoms with van der Waals surface area (Å²) >= 11 is 0. The number of anilines is 1. The Balaban J connectivity index is 2.20. The highest BCUT2D eigenvalue weighted by Crippen LogP contribution is 2.34. The van der Waals surface area contributed by atoms with Gasteiger partial charge in [0.1, 0.15) is 5.69 Å². The van der Waals surface area contributed by atoms with Crippen molar-refractivity contribution in [3.8, 4) is 0 Å². The zero-order chi connectivity index (χ0) is 14.7. The lowest BCUT2D eigenvalue weighted by atomic mass is 9.90. The second kappa shape index (κ2) is 6.22. The van der Waals surface area contributed by atoms with Gasteiger partial charge in [-0.1, -0.05) is 12.1 Å². The van der Waals surface area contributed by atoms with Gasteiger partial charge in [-0.3, -0.25) is 10.1 Å². The Kier molecular flexibility index (Phi) is 4.60. The number of nitro benzene ring substituents is 1. The molecule has 1 aliphatic rings. The summed E-state index contributed by atoms with van der Waals surface area (Å²) in [7, 11) is 3.98. The third-order valence-electron chi connectivity index (χ3n) is 4.43. The number of para-hydroxylation sites is 1. The summed E-state index contributed by atoms with van der Waals surface area (Å²) in [4.78, 5) is 13.1. The van der Waals surface area contributed by atoms with E-state index in [4.69, 9.17) is 0 Å². The van der Waals surface area contributed by atoms with E-state index >= 15 is 0 Å². The van der Waals surface area contributed by atoms with E-state index in [0.717, 1.165) is 36.9 Å². The molecule has 1 aromatic rings. The SMILES string of the molecule is CNC1CCC(N(C)c2cccc(C)c2[N+](=O)[O-])CC1. The molecule has 20 heavy (non-hydrogen) atoms. The second-order valence-electron chi connectivity index (χ2n) is 5.60.